The normalized spacial score (nSPS) is 15.4. The number of carbonyl (C=O) groups excluding carboxylic acids is 1. The van der Waals surface area contributed by atoms with Crippen LogP contribution in [0.15, 0.2) is 59.6 Å². The van der Waals surface area contributed by atoms with Gasteiger partial charge < -0.3 is 20.7 Å². The average molecular weight is 424 g/mol. The summed E-state index contributed by atoms with van der Waals surface area (Å²) in [6, 6.07) is 17.6. The number of nitrogens with zero attached hydrogens (tertiary/aromatic N) is 2. The predicted octanol–water partition coefficient (Wildman–Crippen LogP) is 2.43. The summed E-state index contributed by atoms with van der Waals surface area (Å²) in [5.74, 6) is 1.55. The van der Waals surface area contributed by atoms with Crippen molar-refractivity contribution in [2.45, 2.75) is 18.9 Å². The van der Waals surface area contributed by atoms with Gasteiger partial charge >= 0.3 is 0 Å². The zero-order valence-electron chi connectivity index (χ0n) is 18.4. The largest absolute Gasteiger partial charge is 0.496 e. The number of methoxy groups -OCH3 is 1. The van der Waals surface area contributed by atoms with Gasteiger partial charge in [0, 0.05) is 37.8 Å². The fraction of sp³-hybridized carbons (Fsp3) is 0.417. The van der Waals surface area contributed by atoms with Crippen LogP contribution in [0.25, 0.3) is 0 Å². The first kappa shape index (κ1) is 22.6. The van der Waals surface area contributed by atoms with Crippen LogP contribution in [0.4, 0.5) is 0 Å². The Hall–Kier alpha value is -3.06. The van der Waals surface area contributed by atoms with E-state index in [-0.39, 0.29) is 11.9 Å². The van der Waals surface area contributed by atoms with Crippen molar-refractivity contribution in [3.8, 4) is 5.75 Å². The third kappa shape index (κ3) is 6.46. The summed E-state index contributed by atoms with van der Waals surface area (Å²) < 4.78 is 5.62. The highest BCUT2D eigenvalue weighted by Crippen LogP contribution is 2.31. The Morgan fingerprint density at radius 1 is 1.00 bits per heavy atom. The molecule has 1 saturated heterocycles. The zero-order valence-corrected chi connectivity index (χ0v) is 18.4. The molecule has 1 fully saturated rings. The smallest absolute Gasteiger partial charge is 0.251 e. The van der Waals surface area contributed by atoms with E-state index in [0.29, 0.717) is 24.6 Å². The summed E-state index contributed by atoms with van der Waals surface area (Å²) in [5, 5.41) is 9.64. The quantitative estimate of drug-likeness (QED) is 0.328. The van der Waals surface area contributed by atoms with Crippen molar-refractivity contribution in [2.24, 2.45) is 4.99 Å². The van der Waals surface area contributed by atoms with Crippen molar-refractivity contribution < 1.29 is 9.53 Å². The van der Waals surface area contributed by atoms with Gasteiger partial charge in [-0.2, -0.15) is 0 Å². The highest BCUT2D eigenvalue weighted by Gasteiger charge is 2.26. The van der Waals surface area contributed by atoms with Gasteiger partial charge in [0.1, 0.15) is 5.75 Å². The number of ether oxygens (including phenoxy) is 1. The van der Waals surface area contributed by atoms with Crippen molar-refractivity contribution in [1.29, 1.82) is 0 Å². The van der Waals surface area contributed by atoms with Crippen molar-refractivity contribution in [1.82, 2.24) is 20.9 Å². The van der Waals surface area contributed by atoms with Gasteiger partial charge in [0.15, 0.2) is 5.96 Å². The maximum absolute atomic E-state index is 12.1. The van der Waals surface area contributed by atoms with E-state index in [0.717, 1.165) is 25.4 Å². The molecular formula is C24H33N5O2. The number of hydrogen-bond donors (Lipinski definition) is 3. The van der Waals surface area contributed by atoms with Crippen molar-refractivity contribution in [3.63, 3.8) is 0 Å². The topological polar surface area (TPSA) is 78.0 Å². The molecule has 0 spiro atoms. The van der Waals surface area contributed by atoms with E-state index in [1.165, 1.54) is 18.4 Å². The standard InChI is InChI=1S/C24H33N5O2/c1-25-24(27-15-14-26-23(30)19-10-4-3-5-11-19)28-18-21(29-16-8-9-17-29)20-12-6-7-13-22(20)31-2/h3-7,10-13,21H,8-9,14-18H2,1-2H3,(H,26,30)(H2,25,27,28). The third-order valence-corrected chi connectivity index (χ3v) is 5.50. The number of para-hydroxylation sites is 1. The molecule has 1 unspecified atom stereocenters. The van der Waals surface area contributed by atoms with E-state index in [1.807, 2.05) is 30.3 Å². The van der Waals surface area contributed by atoms with E-state index in [1.54, 1.807) is 26.3 Å². The summed E-state index contributed by atoms with van der Waals surface area (Å²) in [6.07, 6.45) is 2.44. The first-order valence-electron chi connectivity index (χ1n) is 10.9. The molecule has 7 heteroatoms. The first-order chi connectivity index (χ1) is 15.2. The Bertz CT molecular complexity index is 850. The molecule has 1 aliphatic rings. The number of likely N-dealkylation sites (tertiary alicyclic amines) is 1. The number of nitrogens with one attached hydrogen (secondary N) is 3. The summed E-state index contributed by atoms with van der Waals surface area (Å²) in [6.45, 7) is 3.98. The Morgan fingerprint density at radius 2 is 1.68 bits per heavy atom. The fourth-order valence-corrected chi connectivity index (χ4v) is 3.89. The number of guanidine groups is 1. The van der Waals surface area contributed by atoms with Gasteiger partial charge in [-0.3, -0.25) is 14.7 Å². The molecule has 0 aromatic heterocycles. The van der Waals surface area contributed by atoms with Crippen LogP contribution in [0.3, 0.4) is 0 Å². The monoisotopic (exact) mass is 423 g/mol. The van der Waals surface area contributed by atoms with Gasteiger partial charge in [-0.1, -0.05) is 36.4 Å². The van der Waals surface area contributed by atoms with Crippen LogP contribution in [-0.2, 0) is 0 Å². The van der Waals surface area contributed by atoms with E-state index in [2.05, 4.69) is 38.0 Å². The number of carbonyl (C=O) groups is 1. The van der Waals surface area contributed by atoms with Gasteiger partial charge in [-0.25, -0.2) is 0 Å². The lowest BCUT2D eigenvalue weighted by molar-refractivity contribution is 0.0954. The Kier molecular flexibility index (Phi) is 8.72. The van der Waals surface area contributed by atoms with Gasteiger partial charge in [0.05, 0.1) is 13.2 Å². The molecule has 2 aromatic carbocycles. The molecule has 3 N–H and O–H groups in total. The lowest BCUT2D eigenvalue weighted by Gasteiger charge is -2.30. The van der Waals surface area contributed by atoms with Crippen molar-refractivity contribution >= 4 is 11.9 Å². The minimum absolute atomic E-state index is 0.0735. The molecule has 0 radical (unpaired) electrons. The first-order valence-corrected chi connectivity index (χ1v) is 10.9. The number of rotatable bonds is 9. The lowest BCUT2D eigenvalue weighted by atomic mass is 10.0. The van der Waals surface area contributed by atoms with Crippen LogP contribution in [0, 0.1) is 0 Å². The fourth-order valence-electron chi connectivity index (χ4n) is 3.89. The summed E-state index contributed by atoms with van der Waals surface area (Å²) >= 11 is 0. The summed E-state index contributed by atoms with van der Waals surface area (Å²) in [7, 11) is 3.48. The Labute approximate surface area is 184 Å². The lowest BCUT2D eigenvalue weighted by Crippen LogP contribution is -2.44. The molecular weight excluding hydrogens is 390 g/mol. The van der Waals surface area contributed by atoms with Gasteiger partial charge in [0.25, 0.3) is 5.91 Å². The molecule has 31 heavy (non-hydrogen) atoms. The average Bonchev–Trinajstić information content (AvgIpc) is 3.36. The second kappa shape index (κ2) is 12.0. The summed E-state index contributed by atoms with van der Waals surface area (Å²) in [4.78, 5) is 19.0. The van der Waals surface area contributed by atoms with E-state index in [9.17, 15) is 4.79 Å². The molecule has 166 valence electrons. The van der Waals surface area contributed by atoms with Crippen LogP contribution in [-0.4, -0.2) is 63.6 Å². The molecule has 0 aliphatic carbocycles. The number of hydrogen-bond acceptors (Lipinski definition) is 4. The van der Waals surface area contributed by atoms with Crippen LogP contribution in [0.5, 0.6) is 5.75 Å². The summed E-state index contributed by atoms with van der Waals surface area (Å²) in [5.41, 5.74) is 1.85. The van der Waals surface area contributed by atoms with Crippen LogP contribution >= 0.6 is 0 Å². The Morgan fingerprint density at radius 3 is 2.39 bits per heavy atom. The highest BCUT2D eigenvalue weighted by molar-refractivity contribution is 5.94. The molecule has 1 atom stereocenters. The molecule has 1 amide bonds. The molecule has 2 aromatic rings. The second-order valence-electron chi connectivity index (χ2n) is 7.50. The maximum Gasteiger partial charge on any atom is 0.251 e. The minimum atomic E-state index is -0.0735. The van der Waals surface area contributed by atoms with Gasteiger partial charge in [0.2, 0.25) is 0 Å². The molecule has 3 rings (SSSR count). The SMILES string of the molecule is CN=C(NCCNC(=O)c1ccccc1)NCC(c1ccccc1OC)N1CCCC1. The molecule has 0 bridgehead atoms. The van der Waals surface area contributed by atoms with E-state index >= 15 is 0 Å². The predicted molar refractivity (Wildman–Crippen MR) is 125 cm³/mol. The molecule has 1 aliphatic heterocycles. The van der Waals surface area contributed by atoms with Crippen LogP contribution < -0.4 is 20.7 Å². The minimum Gasteiger partial charge on any atom is -0.496 e. The molecule has 1 heterocycles. The van der Waals surface area contributed by atoms with E-state index in [4.69, 9.17) is 4.74 Å². The third-order valence-electron chi connectivity index (χ3n) is 5.50. The number of aliphatic imine (C=N–C) groups is 1. The Balaban J connectivity index is 1.52. The van der Waals surface area contributed by atoms with E-state index < -0.39 is 0 Å². The zero-order chi connectivity index (χ0) is 21.9. The van der Waals surface area contributed by atoms with Gasteiger partial charge in [-0.15, -0.1) is 0 Å². The van der Waals surface area contributed by atoms with Crippen LogP contribution in [0.1, 0.15) is 34.8 Å². The maximum atomic E-state index is 12.1. The highest BCUT2D eigenvalue weighted by atomic mass is 16.5. The molecule has 0 saturated carbocycles. The number of benzene rings is 2. The van der Waals surface area contributed by atoms with Gasteiger partial charge in [-0.05, 0) is 44.1 Å². The van der Waals surface area contributed by atoms with Crippen LogP contribution in [0.2, 0.25) is 0 Å². The number of amides is 1. The second-order valence-corrected chi connectivity index (χ2v) is 7.50. The van der Waals surface area contributed by atoms with Crippen molar-refractivity contribution in [3.05, 3.63) is 65.7 Å². The van der Waals surface area contributed by atoms with Crippen molar-refractivity contribution in [2.75, 3.05) is 46.9 Å². The molecule has 7 nitrogen and oxygen atoms in total.